The molecule has 1 unspecified atom stereocenters. The number of alkyl halides is 1. The van der Waals surface area contributed by atoms with E-state index in [1.807, 2.05) is 0 Å². The minimum Gasteiger partial charge on any atom is -0.207 e. The van der Waals surface area contributed by atoms with Gasteiger partial charge in [-0.05, 0) is 18.4 Å². The van der Waals surface area contributed by atoms with E-state index in [-0.39, 0.29) is 5.38 Å². The van der Waals surface area contributed by atoms with Crippen molar-refractivity contribution in [1.29, 1.82) is 0 Å². The van der Waals surface area contributed by atoms with Gasteiger partial charge in [-0.1, -0.05) is 31.7 Å². The highest BCUT2D eigenvalue weighted by atomic mass is 35.5. The highest BCUT2D eigenvalue weighted by Crippen LogP contribution is 2.36. The van der Waals surface area contributed by atoms with Gasteiger partial charge < -0.3 is 0 Å². The molecule has 0 nitrogen and oxygen atoms in total. The Morgan fingerprint density at radius 2 is 1.94 bits per heavy atom. The smallest absolute Gasteiger partial charge is 0.130 e. The van der Waals surface area contributed by atoms with E-state index < -0.39 is 11.6 Å². The third-order valence-corrected chi connectivity index (χ3v) is 3.73. The molecule has 3 heteroatoms. The van der Waals surface area contributed by atoms with E-state index in [1.54, 1.807) is 0 Å². The Morgan fingerprint density at radius 3 is 2.56 bits per heavy atom. The molecule has 1 atom stereocenters. The summed E-state index contributed by atoms with van der Waals surface area (Å²) in [5, 5.41) is -0.330. The van der Waals surface area contributed by atoms with Gasteiger partial charge in [0.25, 0.3) is 0 Å². The van der Waals surface area contributed by atoms with Crippen LogP contribution < -0.4 is 0 Å². The molecule has 88 valence electrons. The van der Waals surface area contributed by atoms with Gasteiger partial charge in [0, 0.05) is 11.6 Å². The maximum absolute atomic E-state index is 13.5. The molecule has 2 rings (SSSR count). The van der Waals surface area contributed by atoms with Crippen LogP contribution in [0.2, 0.25) is 0 Å². The van der Waals surface area contributed by atoms with E-state index in [1.165, 1.54) is 37.8 Å². The lowest BCUT2D eigenvalue weighted by molar-refractivity contribution is 0.484. The molecule has 1 aliphatic rings. The lowest BCUT2D eigenvalue weighted by Gasteiger charge is -2.15. The standard InChI is InChI=1S/C13H15ClF2/c14-12(7-9-3-1-2-4-9)11-6-5-10(15)8-13(11)16/h5-6,8-9,12H,1-4,7H2. The summed E-state index contributed by atoms with van der Waals surface area (Å²) in [6.45, 7) is 0. The fourth-order valence-corrected chi connectivity index (χ4v) is 2.85. The minimum atomic E-state index is -0.550. The molecule has 0 aromatic heterocycles. The normalized spacial score (nSPS) is 18.9. The largest absolute Gasteiger partial charge is 0.207 e. The first-order valence-electron chi connectivity index (χ1n) is 5.76. The van der Waals surface area contributed by atoms with Crippen LogP contribution in [-0.4, -0.2) is 0 Å². The van der Waals surface area contributed by atoms with E-state index in [0.717, 1.165) is 12.5 Å². The Hall–Kier alpha value is -0.630. The number of hydrogen-bond donors (Lipinski definition) is 0. The van der Waals surface area contributed by atoms with Crippen LogP contribution in [0.3, 0.4) is 0 Å². The molecule has 1 aromatic rings. The van der Waals surface area contributed by atoms with Gasteiger partial charge in [0.05, 0.1) is 5.38 Å². The molecule has 0 saturated heterocycles. The molecule has 0 spiro atoms. The summed E-state index contributed by atoms with van der Waals surface area (Å²) >= 11 is 6.18. The molecular formula is C13H15ClF2. The van der Waals surface area contributed by atoms with Crippen LogP contribution in [0.5, 0.6) is 0 Å². The zero-order chi connectivity index (χ0) is 11.5. The number of hydrogen-bond acceptors (Lipinski definition) is 0. The highest BCUT2D eigenvalue weighted by molar-refractivity contribution is 6.20. The molecule has 1 saturated carbocycles. The molecule has 0 bridgehead atoms. The average molecular weight is 245 g/mol. The molecule has 0 aliphatic heterocycles. The van der Waals surface area contributed by atoms with Gasteiger partial charge >= 0.3 is 0 Å². The lowest BCUT2D eigenvalue weighted by atomic mass is 9.97. The fraction of sp³-hybridized carbons (Fsp3) is 0.538. The Bertz CT molecular complexity index is 359. The van der Waals surface area contributed by atoms with E-state index in [9.17, 15) is 8.78 Å². The van der Waals surface area contributed by atoms with Gasteiger partial charge in [0.2, 0.25) is 0 Å². The Morgan fingerprint density at radius 1 is 1.25 bits per heavy atom. The van der Waals surface area contributed by atoms with Crippen LogP contribution in [0.15, 0.2) is 18.2 Å². The van der Waals surface area contributed by atoms with Crippen LogP contribution in [-0.2, 0) is 0 Å². The molecule has 16 heavy (non-hydrogen) atoms. The average Bonchev–Trinajstić information content (AvgIpc) is 2.70. The van der Waals surface area contributed by atoms with Gasteiger partial charge in [0.15, 0.2) is 0 Å². The van der Waals surface area contributed by atoms with Crippen molar-refractivity contribution < 1.29 is 8.78 Å². The first-order chi connectivity index (χ1) is 7.66. The van der Waals surface area contributed by atoms with Crippen LogP contribution in [0.1, 0.15) is 43.0 Å². The third-order valence-electron chi connectivity index (χ3n) is 3.31. The second kappa shape index (κ2) is 5.13. The molecule has 1 aromatic carbocycles. The van der Waals surface area contributed by atoms with Crippen molar-refractivity contribution in [2.45, 2.75) is 37.5 Å². The first kappa shape index (κ1) is 11.8. The topological polar surface area (TPSA) is 0 Å². The van der Waals surface area contributed by atoms with Crippen molar-refractivity contribution >= 4 is 11.6 Å². The second-order valence-electron chi connectivity index (χ2n) is 4.52. The van der Waals surface area contributed by atoms with Crippen molar-refractivity contribution in [2.24, 2.45) is 5.92 Å². The zero-order valence-electron chi connectivity index (χ0n) is 9.06. The fourth-order valence-electron chi connectivity index (χ4n) is 2.42. The van der Waals surface area contributed by atoms with Crippen LogP contribution in [0.4, 0.5) is 8.78 Å². The summed E-state index contributed by atoms with van der Waals surface area (Å²) < 4.78 is 26.2. The van der Waals surface area contributed by atoms with Crippen molar-refractivity contribution in [3.05, 3.63) is 35.4 Å². The third kappa shape index (κ3) is 2.73. The molecule has 1 aliphatic carbocycles. The lowest BCUT2D eigenvalue weighted by Crippen LogP contribution is -2.02. The molecular weight excluding hydrogens is 230 g/mol. The number of benzene rings is 1. The van der Waals surface area contributed by atoms with Gasteiger partial charge in [-0.15, -0.1) is 11.6 Å². The van der Waals surface area contributed by atoms with Gasteiger partial charge in [0.1, 0.15) is 11.6 Å². The van der Waals surface area contributed by atoms with Crippen LogP contribution in [0, 0.1) is 17.6 Å². The maximum atomic E-state index is 13.5. The van der Waals surface area contributed by atoms with E-state index >= 15 is 0 Å². The van der Waals surface area contributed by atoms with Crippen molar-refractivity contribution in [2.75, 3.05) is 0 Å². The SMILES string of the molecule is Fc1ccc(C(Cl)CC2CCCC2)c(F)c1. The van der Waals surface area contributed by atoms with E-state index in [0.29, 0.717) is 11.5 Å². The van der Waals surface area contributed by atoms with Crippen molar-refractivity contribution in [1.82, 2.24) is 0 Å². The Labute approximate surface area is 99.6 Å². The first-order valence-corrected chi connectivity index (χ1v) is 6.19. The maximum Gasteiger partial charge on any atom is 0.130 e. The minimum absolute atomic E-state index is 0.330. The zero-order valence-corrected chi connectivity index (χ0v) is 9.81. The number of halogens is 3. The second-order valence-corrected chi connectivity index (χ2v) is 5.05. The number of rotatable bonds is 3. The van der Waals surface area contributed by atoms with Crippen LogP contribution >= 0.6 is 11.6 Å². The molecule has 0 N–H and O–H groups in total. The molecule has 0 heterocycles. The van der Waals surface area contributed by atoms with E-state index in [2.05, 4.69) is 0 Å². The molecule has 0 radical (unpaired) electrons. The predicted octanol–water partition coefficient (Wildman–Crippen LogP) is 4.83. The quantitative estimate of drug-likeness (QED) is 0.669. The predicted molar refractivity (Wildman–Crippen MR) is 61.5 cm³/mol. The molecule has 1 fully saturated rings. The van der Waals surface area contributed by atoms with Crippen molar-refractivity contribution in [3.8, 4) is 0 Å². The summed E-state index contributed by atoms with van der Waals surface area (Å²) in [5.74, 6) is -0.476. The van der Waals surface area contributed by atoms with Gasteiger partial charge in [-0.2, -0.15) is 0 Å². The summed E-state index contributed by atoms with van der Waals surface area (Å²) in [5.41, 5.74) is 0.426. The summed E-state index contributed by atoms with van der Waals surface area (Å²) in [6.07, 6.45) is 5.67. The van der Waals surface area contributed by atoms with Crippen LogP contribution in [0.25, 0.3) is 0 Å². The summed E-state index contributed by atoms with van der Waals surface area (Å²) in [6, 6.07) is 3.62. The summed E-state index contributed by atoms with van der Waals surface area (Å²) in [4.78, 5) is 0. The van der Waals surface area contributed by atoms with Gasteiger partial charge in [-0.25, -0.2) is 8.78 Å². The van der Waals surface area contributed by atoms with E-state index in [4.69, 9.17) is 11.6 Å². The summed E-state index contributed by atoms with van der Waals surface area (Å²) in [7, 11) is 0. The Balaban J connectivity index is 2.04. The Kier molecular flexibility index (Phi) is 3.80. The highest BCUT2D eigenvalue weighted by Gasteiger charge is 2.21. The van der Waals surface area contributed by atoms with Gasteiger partial charge in [-0.3, -0.25) is 0 Å². The molecule has 0 amide bonds. The monoisotopic (exact) mass is 244 g/mol. The van der Waals surface area contributed by atoms with Crippen molar-refractivity contribution in [3.63, 3.8) is 0 Å².